The highest BCUT2D eigenvalue weighted by molar-refractivity contribution is 9.10. The highest BCUT2D eigenvalue weighted by Crippen LogP contribution is 2.30. The zero-order valence-corrected chi connectivity index (χ0v) is 16.1. The summed E-state index contributed by atoms with van der Waals surface area (Å²) in [5.41, 5.74) is 1.92. The molecule has 2 aromatic carbocycles. The van der Waals surface area contributed by atoms with Crippen molar-refractivity contribution in [2.24, 2.45) is 0 Å². The van der Waals surface area contributed by atoms with E-state index in [2.05, 4.69) is 47.3 Å². The van der Waals surface area contributed by atoms with E-state index in [0.29, 0.717) is 15.7 Å². The lowest BCUT2D eigenvalue weighted by atomic mass is 9.87. The van der Waals surface area contributed by atoms with Gasteiger partial charge >= 0.3 is 0 Å². The largest absolute Gasteiger partial charge is 0.506 e. The van der Waals surface area contributed by atoms with Crippen LogP contribution in [0.3, 0.4) is 0 Å². The third-order valence-corrected chi connectivity index (χ3v) is 4.35. The molecular formula is C18H19BrN2O2S. The van der Waals surface area contributed by atoms with Crippen molar-refractivity contribution in [2.75, 3.05) is 5.32 Å². The Kier molecular flexibility index (Phi) is 5.62. The van der Waals surface area contributed by atoms with Crippen LogP contribution in [0.5, 0.6) is 5.75 Å². The van der Waals surface area contributed by atoms with Crippen LogP contribution in [0.1, 0.15) is 36.7 Å². The van der Waals surface area contributed by atoms with Gasteiger partial charge in [-0.25, -0.2) is 0 Å². The Bertz CT molecular complexity index is 785. The van der Waals surface area contributed by atoms with Crippen molar-refractivity contribution in [3.63, 3.8) is 0 Å². The van der Waals surface area contributed by atoms with E-state index in [4.69, 9.17) is 12.2 Å². The number of halogens is 1. The van der Waals surface area contributed by atoms with Crippen LogP contribution in [0.25, 0.3) is 0 Å². The van der Waals surface area contributed by atoms with Crippen LogP contribution >= 0.6 is 28.1 Å². The predicted molar refractivity (Wildman–Crippen MR) is 105 cm³/mol. The van der Waals surface area contributed by atoms with Crippen molar-refractivity contribution in [3.05, 3.63) is 58.1 Å². The summed E-state index contributed by atoms with van der Waals surface area (Å²) in [7, 11) is 0. The first-order valence-electron chi connectivity index (χ1n) is 7.39. The van der Waals surface area contributed by atoms with Crippen LogP contribution in [0.4, 0.5) is 5.69 Å². The van der Waals surface area contributed by atoms with Gasteiger partial charge in [-0.1, -0.05) is 39.0 Å². The molecule has 3 N–H and O–H groups in total. The number of benzene rings is 2. The van der Waals surface area contributed by atoms with Gasteiger partial charge in [0.1, 0.15) is 5.75 Å². The van der Waals surface area contributed by atoms with Gasteiger partial charge in [0.25, 0.3) is 5.91 Å². The van der Waals surface area contributed by atoms with Gasteiger partial charge in [0.15, 0.2) is 5.11 Å². The van der Waals surface area contributed by atoms with Gasteiger partial charge in [0.05, 0.1) is 11.3 Å². The fraction of sp³-hybridized carbons (Fsp3) is 0.222. The molecule has 0 bridgehead atoms. The van der Waals surface area contributed by atoms with Crippen LogP contribution in [0.2, 0.25) is 0 Å². The average molecular weight is 407 g/mol. The monoisotopic (exact) mass is 406 g/mol. The van der Waals surface area contributed by atoms with Crippen LogP contribution in [0, 0.1) is 0 Å². The standard InChI is InChI=1S/C18H19BrN2O2S/c1-18(2,3)11-8-9-15(22)14(10-11)20-17(24)21-16(23)12-6-4-5-7-13(12)19/h4-10,22H,1-3H3,(H2,20,21,23,24). The summed E-state index contributed by atoms with van der Waals surface area (Å²) in [5, 5.41) is 15.6. The molecule has 1 amide bonds. The zero-order valence-electron chi connectivity index (χ0n) is 13.7. The van der Waals surface area contributed by atoms with Gasteiger partial charge in [0.2, 0.25) is 0 Å². The van der Waals surface area contributed by atoms with Crippen molar-refractivity contribution in [2.45, 2.75) is 26.2 Å². The van der Waals surface area contributed by atoms with Crippen molar-refractivity contribution >= 4 is 44.9 Å². The van der Waals surface area contributed by atoms with Gasteiger partial charge in [-0.15, -0.1) is 0 Å². The molecule has 0 unspecified atom stereocenters. The lowest BCUT2D eigenvalue weighted by Gasteiger charge is -2.21. The third-order valence-electron chi connectivity index (χ3n) is 3.46. The minimum Gasteiger partial charge on any atom is -0.506 e. The first-order valence-corrected chi connectivity index (χ1v) is 8.59. The summed E-state index contributed by atoms with van der Waals surface area (Å²) in [6, 6.07) is 12.4. The number of phenolic OH excluding ortho intramolecular Hbond substituents is 1. The van der Waals surface area contributed by atoms with Gasteiger partial charge in [-0.3, -0.25) is 10.1 Å². The molecule has 0 heterocycles. The van der Waals surface area contributed by atoms with Crippen LogP contribution < -0.4 is 10.6 Å². The summed E-state index contributed by atoms with van der Waals surface area (Å²) < 4.78 is 0.683. The van der Waals surface area contributed by atoms with E-state index in [-0.39, 0.29) is 22.2 Å². The van der Waals surface area contributed by atoms with E-state index in [1.807, 2.05) is 18.2 Å². The summed E-state index contributed by atoms with van der Waals surface area (Å²) in [6.45, 7) is 6.24. The van der Waals surface area contributed by atoms with E-state index in [9.17, 15) is 9.90 Å². The van der Waals surface area contributed by atoms with E-state index in [1.54, 1.807) is 24.3 Å². The second-order valence-electron chi connectivity index (χ2n) is 6.37. The van der Waals surface area contributed by atoms with Gasteiger partial charge in [-0.2, -0.15) is 0 Å². The Balaban J connectivity index is 2.13. The molecule has 4 nitrogen and oxygen atoms in total. The van der Waals surface area contributed by atoms with Crippen molar-refractivity contribution in [1.82, 2.24) is 5.32 Å². The quantitative estimate of drug-likeness (QED) is 0.504. The molecule has 2 aromatic rings. The van der Waals surface area contributed by atoms with Gasteiger partial charge < -0.3 is 10.4 Å². The third kappa shape index (κ3) is 4.55. The van der Waals surface area contributed by atoms with Crippen LogP contribution in [-0.4, -0.2) is 16.1 Å². The number of rotatable bonds is 2. The normalized spacial score (nSPS) is 11.0. The van der Waals surface area contributed by atoms with E-state index in [1.165, 1.54) is 0 Å². The molecule has 0 atom stereocenters. The summed E-state index contributed by atoms with van der Waals surface area (Å²) in [5.74, 6) is -0.257. The fourth-order valence-electron chi connectivity index (χ4n) is 2.07. The molecule has 0 radical (unpaired) electrons. The summed E-state index contributed by atoms with van der Waals surface area (Å²) >= 11 is 8.51. The number of hydrogen-bond donors (Lipinski definition) is 3. The lowest BCUT2D eigenvalue weighted by Crippen LogP contribution is -2.34. The topological polar surface area (TPSA) is 61.4 Å². The maximum Gasteiger partial charge on any atom is 0.258 e. The maximum atomic E-state index is 12.2. The minimum absolute atomic E-state index is 0.0656. The maximum absolute atomic E-state index is 12.2. The van der Waals surface area contributed by atoms with Crippen molar-refractivity contribution in [3.8, 4) is 5.75 Å². The highest BCUT2D eigenvalue weighted by atomic mass is 79.9. The first-order chi connectivity index (χ1) is 11.2. The fourth-order valence-corrected chi connectivity index (χ4v) is 2.74. The Morgan fingerprint density at radius 3 is 2.46 bits per heavy atom. The molecule has 24 heavy (non-hydrogen) atoms. The number of hydrogen-bond acceptors (Lipinski definition) is 3. The Morgan fingerprint density at radius 1 is 1.17 bits per heavy atom. The number of carbonyl (C=O) groups excluding carboxylic acids is 1. The van der Waals surface area contributed by atoms with E-state index < -0.39 is 0 Å². The van der Waals surface area contributed by atoms with Gasteiger partial charge in [-0.05, 0) is 63.4 Å². The molecule has 0 saturated carbocycles. The van der Waals surface area contributed by atoms with Gasteiger partial charge in [0, 0.05) is 4.47 Å². The summed E-state index contributed by atoms with van der Waals surface area (Å²) in [4.78, 5) is 12.2. The molecule has 6 heteroatoms. The number of thiocarbonyl (C=S) groups is 1. The Labute approximate surface area is 155 Å². The van der Waals surface area contributed by atoms with E-state index in [0.717, 1.165) is 5.56 Å². The molecule has 0 spiro atoms. The molecule has 0 aliphatic carbocycles. The zero-order chi connectivity index (χ0) is 17.9. The second-order valence-corrected chi connectivity index (χ2v) is 7.63. The number of nitrogens with one attached hydrogen (secondary N) is 2. The molecule has 0 fully saturated rings. The second kappa shape index (κ2) is 7.32. The number of phenols is 1. The Hall–Kier alpha value is -1.92. The predicted octanol–water partition coefficient (Wildman–Crippen LogP) is 4.58. The SMILES string of the molecule is CC(C)(C)c1ccc(O)c(NC(=S)NC(=O)c2ccccc2Br)c1. The molecular weight excluding hydrogens is 388 g/mol. The first kappa shape index (κ1) is 18.4. The molecule has 0 aliphatic heterocycles. The lowest BCUT2D eigenvalue weighted by molar-refractivity contribution is 0.0977. The minimum atomic E-state index is -0.327. The average Bonchev–Trinajstić information content (AvgIpc) is 2.48. The molecule has 0 aliphatic rings. The molecule has 126 valence electrons. The molecule has 0 aromatic heterocycles. The summed E-state index contributed by atoms with van der Waals surface area (Å²) in [6.07, 6.45) is 0. The highest BCUT2D eigenvalue weighted by Gasteiger charge is 2.17. The molecule has 2 rings (SSSR count). The van der Waals surface area contributed by atoms with Crippen molar-refractivity contribution in [1.29, 1.82) is 0 Å². The van der Waals surface area contributed by atoms with Crippen molar-refractivity contribution < 1.29 is 9.90 Å². The van der Waals surface area contributed by atoms with E-state index >= 15 is 0 Å². The number of amides is 1. The smallest absolute Gasteiger partial charge is 0.258 e. The number of carbonyl (C=O) groups is 1. The Morgan fingerprint density at radius 2 is 1.83 bits per heavy atom. The number of anilines is 1. The molecule has 0 saturated heterocycles. The number of aromatic hydroxyl groups is 1. The van der Waals surface area contributed by atoms with Crippen LogP contribution in [-0.2, 0) is 5.41 Å². The van der Waals surface area contributed by atoms with Crippen LogP contribution in [0.15, 0.2) is 46.9 Å².